The molecule has 2 aromatic carbocycles. The first-order valence-corrected chi connectivity index (χ1v) is 8.15. The number of fused-ring (bicyclic) bond motifs is 2. The molecular formula is C18H15NO3S. The standard InChI is InChI=1S/C18H15NO3S/c1-19(10-12-6-7-14-15(8-12)22-11-21-14)18(20)17-9-13-4-2-3-5-16(13)23-17/h2-9H,10-11H2,1H3. The summed E-state index contributed by atoms with van der Waals surface area (Å²) in [4.78, 5) is 15.1. The van der Waals surface area contributed by atoms with E-state index in [9.17, 15) is 4.79 Å². The van der Waals surface area contributed by atoms with Gasteiger partial charge in [-0.1, -0.05) is 24.3 Å². The average Bonchev–Trinajstić information content (AvgIpc) is 3.19. The third-order valence-electron chi connectivity index (χ3n) is 3.84. The van der Waals surface area contributed by atoms with E-state index < -0.39 is 0 Å². The van der Waals surface area contributed by atoms with Crippen molar-refractivity contribution in [1.29, 1.82) is 0 Å². The Labute approximate surface area is 137 Å². The van der Waals surface area contributed by atoms with Crippen molar-refractivity contribution in [3.8, 4) is 11.5 Å². The summed E-state index contributed by atoms with van der Waals surface area (Å²) < 4.78 is 11.8. The lowest BCUT2D eigenvalue weighted by Crippen LogP contribution is -2.25. The van der Waals surface area contributed by atoms with Crippen LogP contribution >= 0.6 is 11.3 Å². The highest BCUT2D eigenvalue weighted by molar-refractivity contribution is 7.20. The maximum atomic E-state index is 12.6. The number of carbonyl (C=O) groups is 1. The number of ether oxygens (including phenoxy) is 2. The van der Waals surface area contributed by atoms with E-state index in [2.05, 4.69) is 0 Å². The van der Waals surface area contributed by atoms with Crippen LogP contribution in [0.4, 0.5) is 0 Å². The first kappa shape index (κ1) is 14.1. The van der Waals surface area contributed by atoms with Gasteiger partial charge in [0.15, 0.2) is 11.5 Å². The Morgan fingerprint density at radius 2 is 1.96 bits per heavy atom. The molecule has 1 aromatic heterocycles. The number of amides is 1. The minimum atomic E-state index is 0.0314. The van der Waals surface area contributed by atoms with E-state index in [0.717, 1.165) is 32.0 Å². The Balaban J connectivity index is 1.54. The molecule has 5 heteroatoms. The Morgan fingerprint density at radius 1 is 1.13 bits per heavy atom. The van der Waals surface area contributed by atoms with Crippen LogP contribution in [0.2, 0.25) is 0 Å². The maximum Gasteiger partial charge on any atom is 0.264 e. The molecule has 0 bridgehead atoms. The van der Waals surface area contributed by atoms with E-state index in [1.807, 2.05) is 55.6 Å². The number of carbonyl (C=O) groups excluding carboxylic acids is 1. The van der Waals surface area contributed by atoms with Crippen molar-refractivity contribution in [2.45, 2.75) is 6.54 Å². The zero-order chi connectivity index (χ0) is 15.8. The van der Waals surface area contributed by atoms with Crippen LogP contribution < -0.4 is 9.47 Å². The zero-order valence-corrected chi connectivity index (χ0v) is 13.4. The minimum absolute atomic E-state index is 0.0314. The van der Waals surface area contributed by atoms with Crippen LogP contribution in [0.3, 0.4) is 0 Å². The van der Waals surface area contributed by atoms with Gasteiger partial charge in [0.2, 0.25) is 6.79 Å². The van der Waals surface area contributed by atoms with Crippen LogP contribution in [0, 0.1) is 0 Å². The smallest absolute Gasteiger partial charge is 0.264 e. The number of rotatable bonds is 3. The molecular weight excluding hydrogens is 310 g/mol. The SMILES string of the molecule is CN(Cc1ccc2c(c1)OCO2)C(=O)c1cc2ccccc2s1. The van der Waals surface area contributed by atoms with E-state index in [4.69, 9.17) is 9.47 Å². The molecule has 1 amide bonds. The molecule has 0 radical (unpaired) electrons. The summed E-state index contributed by atoms with van der Waals surface area (Å²) in [5.41, 5.74) is 1.02. The summed E-state index contributed by atoms with van der Waals surface area (Å²) >= 11 is 1.53. The van der Waals surface area contributed by atoms with Crippen molar-refractivity contribution in [2.24, 2.45) is 0 Å². The van der Waals surface area contributed by atoms with Gasteiger partial charge in [0, 0.05) is 18.3 Å². The summed E-state index contributed by atoms with van der Waals surface area (Å²) in [6, 6.07) is 15.8. The van der Waals surface area contributed by atoms with Gasteiger partial charge in [-0.15, -0.1) is 11.3 Å². The molecule has 3 aromatic rings. The summed E-state index contributed by atoms with van der Waals surface area (Å²) in [7, 11) is 1.82. The van der Waals surface area contributed by atoms with Crippen molar-refractivity contribution in [3.63, 3.8) is 0 Å². The predicted octanol–water partition coefficient (Wildman–Crippen LogP) is 3.90. The molecule has 0 atom stereocenters. The molecule has 0 spiro atoms. The highest BCUT2D eigenvalue weighted by atomic mass is 32.1. The van der Waals surface area contributed by atoms with E-state index in [1.54, 1.807) is 4.90 Å². The summed E-state index contributed by atoms with van der Waals surface area (Å²) in [6.07, 6.45) is 0. The second-order valence-corrected chi connectivity index (χ2v) is 6.58. The molecule has 1 aliphatic rings. The van der Waals surface area contributed by atoms with Crippen LogP contribution in [0.5, 0.6) is 11.5 Å². The second-order valence-electron chi connectivity index (χ2n) is 5.50. The van der Waals surface area contributed by atoms with E-state index in [-0.39, 0.29) is 12.7 Å². The van der Waals surface area contributed by atoms with Gasteiger partial charge >= 0.3 is 0 Å². The lowest BCUT2D eigenvalue weighted by atomic mass is 10.2. The number of nitrogens with zero attached hydrogens (tertiary/aromatic N) is 1. The topological polar surface area (TPSA) is 38.8 Å². The average molecular weight is 325 g/mol. The van der Waals surface area contributed by atoms with Gasteiger partial charge in [-0.2, -0.15) is 0 Å². The highest BCUT2D eigenvalue weighted by Crippen LogP contribution is 2.33. The zero-order valence-electron chi connectivity index (χ0n) is 12.6. The first-order valence-electron chi connectivity index (χ1n) is 7.33. The minimum Gasteiger partial charge on any atom is -0.454 e. The van der Waals surface area contributed by atoms with Gasteiger partial charge in [0.25, 0.3) is 5.91 Å². The van der Waals surface area contributed by atoms with Gasteiger partial charge in [0.1, 0.15) is 0 Å². The van der Waals surface area contributed by atoms with Crippen molar-refractivity contribution in [2.75, 3.05) is 13.8 Å². The van der Waals surface area contributed by atoms with Gasteiger partial charge < -0.3 is 14.4 Å². The quantitative estimate of drug-likeness (QED) is 0.733. The van der Waals surface area contributed by atoms with Gasteiger partial charge in [-0.3, -0.25) is 4.79 Å². The molecule has 1 aliphatic heterocycles. The van der Waals surface area contributed by atoms with E-state index in [0.29, 0.717) is 6.54 Å². The molecule has 0 unspecified atom stereocenters. The third kappa shape index (κ3) is 2.64. The number of thiophene rings is 1. The molecule has 4 nitrogen and oxygen atoms in total. The molecule has 0 N–H and O–H groups in total. The van der Waals surface area contributed by atoms with Crippen molar-refractivity contribution < 1.29 is 14.3 Å². The Bertz CT molecular complexity index is 854. The van der Waals surface area contributed by atoms with Crippen molar-refractivity contribution >= 4 is 27.3 Å². The third-order valence-corrected chi connectivity index (χ3v) is 4.94. The summed E-state index contributed by atoms with van der Waals surface area (Å²) in [6.45, 7) is 0.791. The molecule has 4 rings (SSSR count). The molecule has 2 heterocycles. The second kappa shape index (κ2) is 5.59. The van der Waals surface area contributed by atoms with Crippen LogP contribution in [0.15, 0.2) is 48.5 Å². The molecule has 0 saturated carbocycles. The van der Waals surface area contributed by atoms with Crippen molar-refractivity contribution in [3.05, 3.63) is 59.0 Å². The Morgan fingerprint density at radius 3 is 2.83 bits per heavy atom. The van der Waals surface area contributed by atoms with Gasteiger partial charge in [-0.25, -0.2) is 0 Å². The predicted molar refractivity (Wildman–Crippen MR) is 90.2 cm³/mol. The van der Waals surface area contributed by atoms with Gasteiger partial charge in [-0.05, 0) is 35.2 Å². The normalized spacial score (nSPS) is 12.6. The lowest BCUT2D eigenvalue weighted by Gasteiger charge is -2.16. The molecule has 0 saturated heterocycles. The molecule has 0 aliphatic carbocycles. The number of hydrogen-bond donors (Lipinski definition) is 0. The largest absolute Gasteiger partial charge is 0.454 e. The molecule has 23 heavy (non-hydrogen) atoms. The Hall–Kier alpha value is -2.53. The fourth-order valence-corrected chi connectivity index (χ4v) is 3.72. The number of hydrogen-bond acceptors (Lipinski definition) is 4. The lowest BCUT2D eigenvalue weighted by molar-refractivity contribution is 0.0790. The number of benzene rings is 2. The maximum absolute atomic E-state index is 12.6. The van der Waals surface area contributed by atoms with Crippen LogP contribution in [-0.2, 0) is 6.54 Å². The van der Waals surface area contributed by atoms with Crippen LogP contribution in [0.25, 0.3) is 10.1 Å². The Kier molecular flexibility index (Phi) is 3.42. The van der Waals surface area contributed by atoms with Crippen LogP contribution in [0.1, 0.15) is 15.2 Å². The fraction of sp³-hybridized carbons (Fsp3) is 0.167. The van der Waals surface area contributed by atoms with E-state index in [1.165, 1.54) is 11.3 Å². The highest BCUT2D eigenvalue weighted by Gasteiger charge is 2.17. The molecule has 0 fully saturated rings. The summed E-state index contributed by atoms with van der Waals surface area (Å²) in [5, 5.41) is 1.11. The van der Waals surface area contributed by atoms with E-state index >= 15 is 0 Å². The monoisotopic (exact) mass is 325 g/mol. The van der Waals surface area contributed by atoms with Gasteiger partial charge in [0.05, 0.1) is 4.88 Å². The fourth-order valence-electron chi connectivity index (χ4n) is 2.66. The summed E-state index contributed by atoms with van der Waals surface area (Å²) in [5.74, 6) is 1.53. The van der Waals surface area contributed by atoms with Crippen LogP contribution in [-0.4, -0.2) is 24.6 Å². The van der Waals surface area contributed by atoms with Crippen molar-refractivity contribution in [1.82, 2.24) is 4.90 Å². The molecule has 116 valence electrons. The first-order chi connectivity index (χ1) is 11.2.